The van der Waals surface area contributed by atoms with E-state index in [1.807, 2.05) is 0 Å². The molecule has 4 nitrogen and oxygen atoms in total. The van der Waals surface area contributed by atoms with E-state index in [9.17, 15) is 4.79 Å². The van der Waals surface area contributed by atoms with E-state index >= 15 is 0 Å². The molecule has 0 aromatic carbocycles. The number of ether oxygens (including phenoxy) is 2. The fraction of sp³-hybridized carbons (Fsp3) is 0.955. The summed E-state index contributed by atoms with van der Waals surface area (Å²) in [5, 5.41) is 0.220. The van der Waals surface area contributed by atoms with Gasteiger partial charge in [0, 0.05) is 6.42 Å². The zero-order chi connectivity index (χ0) is 20.6. The third-order valence-corrected chi connectivity index (χ3v) is 10.0. The number of esters is 1. The monoisotopic (exact) mass is 402 g/mol. The van der Waals surface area contributed by atoms with Gasteiger partial charge in [-0.05, 0) is 24.6 Å². The standard InChI is InChI=1S/C22H46O4Si/c1-7-8-9-10-11-12-13-14-15-16-21(23)25-19-17-24-18-20-26-27(5,6)22(2,3)4/h7-20H2,1-6H3. The molecule has 0 aliphatic rings. The molecule has 27 heavy (non-hydrogen) atoms. The van der Waals surface area contributed by atoms with Crippen molar-refractivity contribution in [2.24, 2.45) is 0 Å². The second kappa shape index (κ2) is 15.5. The van der Waals surface area contributed by atoms with E-state index in [-0.39, 0.29) is 11.0 Å². The maximum atomic E-state index is 11.7. The molecule has 5 heteroatoms. The Morgan fingerprint density at radius 1 is 0.778 bits per heavy atom. The summed E-state index contributed by atoms with van der Waals surface area (Å²) < 4.78 is 16.8. The molecular weight excluding hydrogens is 356 g/mol. The minimum absolute atomic E-state index is 0.0981. The zero-order valence-corrected chi connectivity index (χ0v) is 20.0. The maximum absolute atomic E-state index is 11.7. The quantitative estimate of drug-likeness (QED) is 0.158. The van der Waals surface area contributed by atoms with Gasteiger partial charge in [0.25, 0.3) is 0 Å². The van der Waals surface area contributed by atoms with Crippen LogP contribution in [0.3, 0.4) is 0 Å². The van der Waals surface area contributed by atoms with Gasteiger partial charge < -0.3 is 13.9 Å². The molecule has 0 unspecified atom stereocenters. The van der Waals surface area contributed by atoms with Crippen LogP contribution in [0.25, 0.3) is 0 Å². The Balaban J connectivity index is 3.40. The highest BCUT2D eigenvalue weighted by molar-refractivity contribution is 6.74. The van der Waals surface area contributed by atoms with Gasteiger partial charge in [-0.25, -0.2) is 0 Å². The number of carbonyl (C=O) groups excluding carboxylic acids is 1. The van der Waals surface area contributed by atoms with Crippen molar-refractivity contribution in [1.29, 1.82) is 0 Å². The molecule has 0 heterocycles. The second-order valence-electron chi connectivity index (χ2n) is 9.02. The van der Waals surface area contributed by atoms with E-state index < -0.39 is 8.32 Å². The lowest BCUT2D eigenvalue weighted by Crippen LogP contribution is -2.41. The van der Waals surface area contributed by atoms with Gasteiger partial charge >= 0.3 is 5.97 Å². The number of rotatable bonds is 17. The summed E-state index contributed by atoms with van der Waals surface area (Å²) in [5.74, 6) is -0.0981. The Kier molecular flexibility index (Phi) is 15.3. The summed E-state index contributed by atoms with van der Waals surface area (Å²) in [6, 6.07) is 0. The number of unbranched alkanes of at least 4 members (excludes halogenated alkanes) is 8. The predicted octanol–water partition coefficient (Wildman–Crippen LogP) is 6.49. The summed E-state index contributed by atoms with van der Waals surface area (Å²) in [6.45, 7) is 15.4. The van der Waals surface area contributed by atoms with Crippen molar-refractivity contribution in [2.75, 3.05) is 26.4 Å². The molecule has 0 aromatic rings. The first-order chi connectivity index (χ1) is 12.7. The van der Waals surface area contributed by atoms with E-state index in [1.54, 1.807) is 0 Å². The Labute approximate surface area is 169 Å². The molecule has 0 N–H and O–H groups in total. The first-order valence-corrected chi connectivity index (χ1v) is 14.0. The predicted molar refractivity (Wildman–Crippen MR) is 117 cm³/mol. The van der Waals surface area contributed by atoms with Crippen LogP contribution in [0, 0.1) is 0 Å². The average molecular weight is 403 g/mol. The molecule has 0 saturated heterocycles. The third-order valence-electron chi connectivity index (χ3n) is 5.47. The van der Waals surface area contributed by atoms with Crippen molar-refractivity contribution in [1.82, 2.24) is 0 Å². The number of carbonyl (C=O) groups is 1. The molecule has 0 aliphatic carbocycles. The molecule has 162 valence electrons. The smallest absolute Gasteiger partial charge is 0.305 e. The van der Waals surface area contributed by atoms with Gasteiger partial charge in [-0.2, -0.15) is 0 Å². The Morgan fingerprint density at radius 3 is 1.85 bits per heavy atom. The van der Waals surface area contributed by atoms with E-state index in [4.69, 9.17) is 13.9 Å². The minimum atomic E-state index is -1.69. The van der Waals surface area contributed by atoms with Gasteiger partial charge in [-0.3, -0.25) is 4.79 Å². The van der Waals surface area contributed by atoms with Gasteiger partial charge in [0.1, 0.15) is 6.61 Å². The van der Waals surface area contributed by atoms with Crippen molar-refractivity contribution in [3.05, 3.63) is 0 Å². The van der Waals surface area contributed by atoms with Crippen molar-refractivity contribution in [3.8, 4) is 0 Å². The van der Waals surface area contributed by atoms with Crippen molar-refractivity contribution in [3.63, 3.8) is 0 Å². The second-order valence-corrected chi connectivity index (χ2v) is 13.8. The fourth-order valence-electron chi connectivity index (χ4n) is 2.54. The summed E-state index contributed by atoms with van der Waals surface area (Å²) in [4.78, 5) is 11.7. The van der Waals surface area contributed by atoms with Crippen LogP contribution in [-0.2, 0) is 18.7 Å². The van der Waals surface area contributed by atoms with Crippen molar-refractivity contribution >= 4 is 14.3 Å². The summed E-state index contributed by atoms with van der Waals surface area (Å²) in [5.41, 5.74) is 0. The van der Waals surface area contributed by atoms with Gasteiger partial charge in [0.05, 0.1) is 19.8 Å². The molecule has 0 fully saturated rings. The minimum Gasteiger partial charge on any atom is -0.463 e. The highest BCUT2D eigenvalue weighted by Crippen LogP contribution is 2.36. The summed E-state index contributed by atoms with van der Waals surface area (Å²) >= 11 is 0. The lowest BCUT2D eigenvalue weighted by molar-refractivity contribution is -0.145. The summed E-state index contributed by atoms with van der Waals surface area (Å²) in [7, 11) is -1.69. The SMILES string of the molecule is CCCCCCCCCCCC(=O)OCCOCCO[Si](C)(C)C(C)(C)C. The van der Waals surface area contributed by atoms with Crippen LogP contribution in [0.2, 0.25) is 18.1 Å². The van der Waals surface area contributed by atoms with Crippen molar-refractivity contribution in [2.45, 2.75) is 110 Å². The Bertz CT molecular complexity index is 364. The Morgan fingerprint density at radius 2 is 1.30 bits per heavy atom. The van der Waals surface area contributed by atoms with Crippen molar-refractivity contribution < 1.29 is 18.7 Å². The molecule has 0 aliphatic heterocycles. The van der Waals surface area contributed by atoms with Crippen LogP contribution in [0.15, 0.2) is 0 Å². The highest BCUT2D eigenvalue weighted by atomic mass is 28.4. The first-order valence-electron chi connectivity index (χ1n) is 11.1. The largest absolute Gasteiger partial charge is 0.463 e. The van der Waals surface area contributed by atoms with Gasteiger partial charge in [0.2, 0.25) is 0 Å². The van der Waals surface area contributed by atoms with Crippen LogP contribution < -0.4 is 0 Å². The number of hydrogen-bond donors (Lipinski definition) is 0. The van der Waals surface area contributed by atoms with E-state index in [1.165, 1.54) is 44.9 Å². The molecule has 0 spiro atoms. The lowest BCUT2D eigenvalue weighted by Gasteiger charge is -2.36. The molecule has 0 amide bonds. The first kappa shape index (κ1) is 26.6. The topological polar surface area (TPSA) is 44.8 Å². The normalized spacial score (nSPS) is 12.4. The van der Waals surface area contributed by atoms with Crippen LogP contribution in [-0.4, -0.2) is 40.7 Å². The molecule has 0 saturated carbocycles. The zero-order valence-electron chi connectivity index (χ0n) is 19.0. The molecule has 0 bridgehead atoms. The molecule has 0 radical (unpaired) electrons. The molecular formula is C22H46O4Si. The average Bonchev–Trinajstić information content (AvgIpc) is 2.58. The highest BCUT2D eigenvalue weighted by Gasteiger charge is 2.36. The third kappa shape index (κ3) is 15.2. The van der Waals surface area contributed by atoms with Gasteiger partial charge in [0.15, 0.2) is 8.32 Å². The molecule has 0 atom stereocenters. The fourth-order valence-corrected chi connectivity index (χ4v) is 3.57. The van der Waals surface area contributed by atoms with E-state index in [2.05, 4.69) is 40.8 Å². The van der Waals surface area contributed by atoms with Crippen LogP contribution in [0.4, 0.5) is 0 Å². The van der Waals surface area contributed by atoms with Crippen LogP contribution in [0.1, 0.15) is 91.9 Å². The Hall–Kier alpha value is -0.393. The van der Waals surface area contributed by atoms with Crippen LogP contribution >= 0.6 is 0 Å². The number of hydrogen-bond acceptors (Lipinski definition) is 4. The maximum Gasteiger partial charge on any atom is 0.305 e. The van der Waals surface area contributed by atoms with E-state index in [0.29, 0.717) is 32.8 Å². The van der Waals surface area contributed by atoms with Gasteiger partial charge in [-0.15, -0.1) is 0 Å². The lowest BCUT2D eigenvalue weighted by atomic mass is 10.1. The van der Waals surface area contributed by atoms with Gasteiger partial charge in [-0.1, -0.05) is 79.1 Å². The van der Waals surface area contributed by atoms with E-state index in [0.717, 1.165) is 12.8 Å². The molecule has 0 aromatic heterocycles. The summed E-state index contributed by atoms with van der Waals surface area (Å²) in [6.07, 6.45) is 11.9. The van der Waals surface area contributed by atoms with Crippen LogP contribution in [0.5, 0.6) is 0 Å². The molecule has 0 rings (SSSR count).